The van der Waals surface area contributed by atoms with E-state index < -0.39 is 0 Å². The zero-order valence-electron chi connectivity index (χ0n) is 8.11. The smallest absolute Gasteiger partial charge is 0.228 e. The molecule has 1 saturated heterocycles. The van der Waals surface area contributed by atoms with Crippen LogP contribution in [0.2, 0.25) is 0 Å². The molecule has 14 heavy (non-hydrogen) atoms. The van der Waals surface area contributed by atoms with Crippen molar-refractivity contribution < 1.29 is 4.74 Å². The molecule has 1 aromatic rings. The summed E-state index contributed by atoms with van der Waals surface area (Å²) >= 11 is 3.42. The van der Waals surface area contributed by atoms with E-state index in [9.17, 15) is 0 Å². The van der Waals surface area contributed by atoms with Gasteiger partial charge in [-0.1, -0.05) is 0 Å². The highest BCUT2D eigenvalue weighted by Crippen LogP contribution is 2.23. The van der Waals surface area contributed by atoms with Gasteiger partial charge in [-0.15, -0.1) is 0 Å². The van der Waals surface area contributed by atoms with Gasteiger partial charge in [0.15, 0.2) is 0 Å². The van der Waals surface area contributed by atoms with Crippen molar-refractivity contribution in [2.75, 3.05) is 20.1 Å². The first kappa shape index (κ1) is 9.93. The van der Waals surface area contributed by atoms with Crippen LogP contribution in [0, 0.1) is 0 Å². The number of rotatable bonds is 2. The van der Waals surface area contributed by atoms with E-state index in [4.69, 9.17) is 4.74 Å². The Morgan fingerprint density at radius 3 is 3.14 bits per heavy atom. The normalized spacial score (nSPS) is 22.6. The van der Waals surface area contributed by atoms with E-state index in [2.05, 4.69) is 32.9 Å². The molecule has 0 radical (unpaired) electrons. The molecule has 0 spiro atoms. The monoisotopic (exact) mass is 256 g/mol. The quantitative estimate of drug-likeness (QED) is 0.809. The van der Waals surface area contributed by atoms with Gasteiger partial charge in [-0.2, -0.15) is 0 Å². The second-order valence-corrected chi connectivity index (χ2v) is 4.44. The van der Waals surface area contributed by atoms with Gasteiger partial charge in [-0.05, 0) is 41.5 Å². The summed E-state index contributed by atoms with van der Waals surface area (Å²) in [6.45, 7) is 2.10. The van der Waals surface area contributed by atoms with Crippen molar-refractivity contribution in [3.63, 3.8) is 0 Å². The van der Waals surface area contributed by atoms with Crippen molar-refractivity contribution >= 4 is 15.9 Å². The van der Waals surface area contributed by atoms with Gasteiger partial charge in [0.05, 0.1) is 4.47 Å². The van der Waals surface area contributed by atoms with Crippen molar-refractivity contribution in [2.45, 2.75) is 12.5 Å². The van der Waals surface area contributed by atoms with Crippen molar-refractivity contribution in [2.24, 2.45) is 0 Å². The first-order valence-corrected chi connectivity index (χ1v) is 5.51. The predicted octanol–water partition coefficient (Wildman–Crippen LogP) is 1.93. The van der Waals surface area contributed by atoms with Gasteiger partial charge < -0.3 is 9.64 Å². The van der Waals surface area contributed by atoms with Crippen molar-refractivity contribution in [1.29, 1.82) is 0 Å². The van der Waals surface area contributed by atoms with Crippen molar-refractivity contribution in [3.05, 3.63) is 22.8 Å². The molecule has 1 aromatic heterocycles. The van der Waals surface area contributed by atoms with Crippen LogP contribution in [-0.2, 0) is 0 Å². The standard InChI is InChI=1S/C10H13BrN2O/c1-13-6-4-8(7-13)14-10-9(11)3-2-5-12-10/h2-3,5,8H,4,6-7H2,1H3. The molecule has 0 aromatic carbocycles. The Balaban J connectivity index is 2.01. The topological polar surface area (TPSA) is 25.4 Å². The van der Waals surface area contributed by atoms with Crippen LogP contribution in [0.5, 0.6) is 5.88 Å². The first-order valence-electron chi connectivity index (χ1n) is 4.71. The van der Waals surface area contributed by atoms with Crippen LogP contribution in [0.4, 0.5) is 0 Å². The largest absolute Gasteiger partial charge is 0.472 e. The van der Waals surface area contributed by atoms with E-state index in [1.165, 1.54) is 0 Å². The summed E-state index contributed by atoms with van der Waals surface area (Å²) in [4.78, 5) is 6.44. The summed E-state index contributed by atoms with van der Waals surface area (Å²) in [5.74, 6) is 0.702. The second-order valence-electron chi connectivity index (χ2n) is 3.58. The highest BCUT2D eigenvalue weighted by atomic mass is 79.9. The molecule has 0 bridgehead atoms. The number of likely N-dealkylation sites (N-methyl/N-ethyl adjacent to an activating group) is 1. The van der Waals surface area contributed by atoms with Crippen molar-refractivity contribution in [3.8, 4) is 5.88 Å². The Hall–Kier alpha value is -0.610. The van der Waals surface area contributed by atoms with Crippen LogP contribution in [-0.4, -0.2) is 36.1 Å². The molecular weight excluding hydrogens is 244 g/mol. The lowest BCUT2D eigenvalue weighted by Crippen LogP contribution is -2.21. The van der Waals surface area contributed by atoms with E-state index >= 15 is 0 Å². The second kappa shape index (κ2) is 4.28. The zero-order chi connectivity index (χ0) is 9.97. The summed E-state index contributed by atoms with van der Waals surface area (Å²) in [5, 5.41) is 0. The lowest BCUT2D eigenvalue weighted by Gasteiger charge is -2.13. The Morgan fingerprint density at radius 2 is 2.50 bits per heavy atom. The number of hydrogen-bond acceptors (Lipinski definition) is 3. The lowest BCUT2D eigenvalue weighted by atomic mass is 10.3. The Morgan fingerprint density at radius 1 is 1.64 bits per heavy atom. The van der Waals surface area contributed by atoms with Crippen LogP contribution < -0.4 is 4.74 Å². The molecule has 1 aliphatic rings. The number of ether oxygens (including phenoxy) is 1. The fourth-order valence-electron chi connectivity index (χ4n) is 1.61. The maximum absolute atomic E-state index is 5.78. The van der Waals surface area contributed by atoms with Gasteiger partial charge in [-0.25, -0.2) is 4.98 Å². The molecule has 4 heteroatoms. The molecule has 76 valence electrons. The highest BCUT2D eigenvalue weighted by Gasteiger charge is 2.21. The number of likely N-dealkylation sites (tertiary alicyclic amines) is 1. The lowest BCUT2D eigenvalue weighted by molar-refractivity contribution is 0.198. The third-order valence-electron chi connectivity index (χ3n) is 2.35. The molecule has 1 unspecified atom stereocenters. The number of pyridine rings is 1. The molecule has 1 atom stereocenters. The van der Waals surface area contributed by atoms with Crippen LogP contribution in [0.3, 0.4) is 0 Å². The Kier molecular flexibility index (Phi) is 3.03. The summed E-state index contributed by atoms with van der Waals surface area (Å²) in [6.07, 6.45) is 3.12. The number of nitrogens with zero attached hydrogens (tertiary/aromatic N) is 2. The third-order valence-corrected chi connectivity index (χ3v) is 2.95. The van der Waals surface area contributed by atoms with Crippen LogP contribution in [0.1, 0.15) is 6.42 Å². The average Bonchev–Trinajstić information content (AvgIpc) is 2.56. The molecule has 1 fully saturated rings. The number of halogens is 1. The first-order chi connectivity index (χ1) is 6.75. The third kappa shape index (κ3) is 2.25. The summed E-state index contributed by atoms with van der Waals surface area (Å²) in [6, 6.07) is 3.83. The molecule has 0 aliphatic carbocycles. The van der Waals surface area contributed by atoms with Crippen LogP contribution in [0.15, 0.2) is 22.8 Å². The molecule has 3 nitrogen and oxygen atoms in total. The summed E-state index contributed by atoms with van der Waals surface area (Å²) in [5.41, 5.74) is 0. The minimum Gasteiger partial charge on any atom is -0.472 e. The highest BCUT2D eigenvalue weighted by molar-refractivity contribution is 9.10. The van der Waals surface area contributed by atoms with Crippen LogP contribution in [0.25, 0.3) is 0 Å². The maximum atomic E-state index is 5.78. The van der Waals surface area contributed by atoms with Gasteiger partial charge in [0.25, 0.3) is 0 Å². The number of aromatic nitrogens is 1. The van der Waals surface area contributed by atoms with Gasteiger partial charge in [-0.3, -0.25) is 0 Å². The molecule has 1 aliphatic heterocycles. The Bertz CT molecular complexity index is 319. The van der Waals surface area contributed by atoms with E-state index in [0.29, 0.717) is 5.88 Å². The summed E-state index contributed by atoms with van der Waals surface area (Å²) in [7, 11) is 2.11. The van der Waals surface area contributed by atoms with E-state index in [-0.39, 0.29) is 6.10 Å². The molecular formula is C10H13BrN2O. The molecule has 2 rings (SSSR count). The molecule has 0 N–H and O–H groups in total. The molecule has 0 amide bonds. The van der Waals surface area contributed by atoms with Gasteiger partial charge in [0.2, 0.25) is 5.88 Å². The van der Waals surface area contributed by atoms with Gasteiger partial charge in [0.1, 0.15) is 6.10 Å². The fraction of sp³-hybridized carbons (Fsp3) is 0.500. The SMILES string of the molecule is CN1CCC(Oc2ncccc2Br)C1. The molecule has 2 heterocycles. The van der Waals surface area contributed by atoms with Crippen LogP contribution >= 0.6 is 15.9 Å². The maximum Gasteiger partial charge on any atom is 0.228 e. The minimum atomic E-state index is 0.284. The zero-order valence-corrected chi connectivity index (χ0v) is 9.70. The fourth-order valence-corrected chi connectivity index (χ4v) is 1.96. The molecule has 0 saturated carbocycles. The van der Waals surface area contributed by atoms with Crippen molar-refractivity contribution in [1.82, 2.24) is 9.88 Å². The van der Waals surface area contributed by atoms with E-state index in [1.807, 2.05) is 12.1 Å². The minimum absolute atomic E-state index is 0.284. The predicted molar refractivity (Wildman–Crippen MR) is 58.5 cm³/mol. The van der Waals surface area contributed by atoms with E-state index in [1.54, 1.807) is 6.20 Å². The van der Waals surface area contributed by atoms with Gasteiger partial charge >= 0.3 is 0 Å². The summed E-state index contributed by atoms with van der Waals surface area (Å²) < 4.78 is 6.70. The number of hydrogen-bond donors (Lipinski definition) is 0. The van der Waals surface area contributed by atoms with E-state index in [0.717, 1.165) is 24.0 Å². The Labute approximate surface area is 92.2 Å². The average molecular weight is 257 g/mol. The van der Waals surface area contributed by atoms with Gasteiger partial charge in [0, 0.05) is 19.3 Å².